The summed E-state index contributed by atoms with van der Waals surface area (Å²) in [6, 6.07) is 9.56. The van der Waals surface area contributed by atoms with Gasteiger partial charge < -0.3 is 15.0 Å². The van der Waals surface area contributed by atoms with Gasteiger partial charge in [0.1, 0.15) is 5.69 Å². The molecule has 2 N–H and O–H groups in total. The third-order valence-electron chi connectivity index (χ3n) is 4.26. The van der Waals surface area contributed by atoms with E-state index in [1.165, 1.54) is 7.11 Å². The molecule has 26 heavy (non-hydrogen) atoms. The Kier molecular flexibility index (Phi) is 5.02. The number of anilines is 1. The molecule has 0 saturated carbocycles. The molecular weight excluding hydrogens is 330 g/mol. The van der Waals surface area contributed by atoms with Crippen LogP contribution in [0.25, 0.3) is 10.9 Å². The van der Waals surface area contributed by atoms with E-state index in [2.05, 4.69) is 15.3 Å². The minimum atomic E-state index is -0.436. The first-order valence-corrected chi connectivity index (χ1v) is 8.51. The van der Waals surface area contributed by atoms with Crippen molar-refractivity contribution in [1.29, 1.82) is 0 Å². The molecule has 1 amide bonds. The lowest BCUT2D eigenvalue weighted by molar-refractivity contribution is 0.0599. The van der Waals surface area contributed by atoms with Gasteiger partial charge in [0.05, 0.1) is 30.1 Å². The number of nitrogens with one attached hydrogen (secondary N) is 2. The summed E-state index contributed by atoms with van der Waals surface area (Å²) in [7, 11) is 1.34. The van der Waals surface area contributed by atoms with E-state index in [4.69, 9.17) is 4.74 Å². The number of H-pyrrole nitrogens is 1. The number of aromatic amines is 1. The molecule has 134 valence electrons. The van der Waals surface area contributed by atoms with E-state index in [0.717, 1.165) is 17.3 Å². The van der Waals surface area contributed by atoms with Gasteiger partial charge in [0.2, 0.25) is 0 Å². The van der Waals surface area contributed by atoms with Crippen molar-refractivity contribution in [2.75, 3.05) is 12.4 Å². The van der Waals surface area contributed by atoms with Crippen molar-refractivity contribution in [3.63, 3.8) is 0 Å². The summed E-state index contributed by atoms with van der Waals surface area (Å²) in [5.74, 6) is -0.739. The molecule has 0 radical (unpaired) electrons. The molecule has 0 aliphatic heterocycles. The second-order valence-electron chi connectivity index (χ2n) is 6.09. The molecule has 2 aromatic heterocycles. The number of aromatic nitrogens is 2. The minimum absolute atomic E-state index is 0.302. The lowest BCUT2D eigenvalue weighted by Crippen LogP contribution is -2.15. The maximum atomic E-state index is 12.8. The maximum Gasteiger partial charge on any atom is 0.339 e. The van der Waals surface area contributed by atoms with Gasteiger partial charge in [-0.3, -0.25) is 9.78 Å². The Hall–Kier alpha value is -3.15. The zero-order valence-electron chi connectivity index (χ0n) is 15.1. The monoisotopic (exact) mass is 351 g/mol. The van der Waals surface area contributed by atoms with Gasteiger partial charge in [-0.1, -0.05) is 31.5 Å². The fourth-order valence-electron chi connectivity index (χ4n) is 3.08. The lowest BCUT2D eigenvalue weighted by Gasteiger charge is -2.08. The highest BCUT2D eigenvalue weighted by atomic mass is 16.5. The number of methoxy groups -OCH3 is 1. The molecule has 0 unspecified atom stereocenters. The number of esters is 1. The highest BCUT2D eigenvalue weighted by molar-refractivity contribution is 6.07. The molecule has 3 aromatic rings. The molecule has 0 saturated heterocycles. The average molecular weight is 351 g/mol. The van der Waals surface area contributed by atoms with Crippen molar-refractivity contribution in [2.45, 2.75) is 26.7 Å². The Balaban J connectivity index is 1.94. The Labute approximate surface area is 151 Å². The Morgan fingerprint density at radius 3 is 2.77 bits per heavy atom. The summed E-state index contributed by atoms with van der Waals surface area (Å²) in [5, 5.41) is 3.80. The number of rotatable bonds is 5. The first kappa shape index (κ1) is 17.7. The van der Waals surface area contributed by atoms with Gasteiger partial charge in [0, 0.05) is 11.1 Å². The van der Waals surface area contributed by atoms with Gasteiger partial charge in [0.15, 0.2) is 0 Å². The van der Waals surface area contributed by atoms with Crippen molar-refractivity contribution in [3.8, 4) is 0 Å². The van der Waals surface area contributed by atoms with Crippen LogP contribution in [0.1, 0.15) is 45.4 Å². The summed E-state index contributed by atoms with van der Waals surface area (Å²) >= 11 is 0. The molecule has 0 bridgehead atoms. The van der Waals surface area contributed by atoms with Crippen molar-refractivity contribution < 1.29 is 14.3 Å². The standard InChI is InChI=1S/C20H21N3O3/c1-4-7-15-17(20(25)26-3)12(2)22-18(15)19(24)23-14-10-13-8-5-6-9-16(13)21-11-14/h5-6,8-11,22H,4,7H2,1-3H3,(H,23,24). The second-order valence-corrected chi connectivity index (χ2v) is 6.09. The van der Waals surface area contributed by atoms with Crippen LogP contribution in [0.2, 0.25) is 0 Å². The van der Waals surface area contributed by atoms with Crippen LogP contribution < -0.4 is 5.32 Å². The van der Waals surface area contributed by atoms with Crippen LogP contribution in [-0.2, 0) is 11.2 Å². The van der Waals surface area contributed by atoms with E-state index >= 15 is 0 Å². The number of aryl methyl sites for hydroxylation is 1. The fraction of sp³-hybridized carbons (Fsp3) is 0.250. The smallest absolute Gasteiger partial charge is 0.339 e. The van der Waals surface area contributed by atoms with Crippen LogP contribution in [0.3, 0.4) is 0 Å². The van der Waals surface area contributed by atoms with E-state index in [0.29, 0.717) is 34.6 Å². The minimum Gasteiger partial charge on any atom is -0.465 e. The third kappa shape index (κ3) is 3.31. The summed E-state index contributed by atoms with van der Waals surface area (Å²) in [4.78, 5) is 32.3. The van der Waals surface area contributed by atoms with E-state index < -0.39 is 5.97 Å². The molecule has 6 nitrogen and oxygen atoms in total. The average Bonchev–Trinajstić information content (AvgIpc) is 2.97. The number of ether oxygens (including phenoxy) is 1. The Bertz CT molecular complexity index is 976. The first-order valence-electron chi connectivity index (χ1n) is 8.51. The first-order chi connectivity index (χ1) is 12.5. The zero-order chi connectivity index (χ0) is 18.7. The van der Waals surface area contributed by atoms with Gasteiger partial charge >= 0.3 is 5.97 Å². The van der Waals surface area contributed by atoms with E-state index in [-0.39, 0.29) is 5.91 Å². The zero-order valence-corrected chi connectivity index (χ0v) is 15.1. The van der Waals surface area contributed by atoms with Gasteiger partial charge in [-0.15, -0.1) is 0 Å². The third-order valence-corrected chi connectivity index (χ3v) is 4.26. The Morgan fingerprint density at radius 2 is 2.04 bits per heavy atom. The predicted octanol–water partition coefficient (Wildman–Crippen LogP) is 3.86. The van der Waals surface area contributed by atoms with Gasteiger partial charge in [-0.25, -0.2) is 4.79 Å². The molecule has 1 aromatic carbocycles. The number of fused-ring (bicyclic) bond motifs is 1. The molecule has 0 fully saturated rings. The van der Waals surface area contributed by atoms with Gasteiger partial charge in [0.25, 0.3) is 5.91 Å². The fourth-order valence-corrected chi connectivity index (χ4v) is 3.08. The van der Waals surface area contributed by atoms with Crippen molar-refractivity contribution >= 4 is 28.5 Å². The number of pyridine rings is 1. The molecule has 0 atom stereocenters. The van der Waals surface area contributed by atoms with Gasteiger partial charge in [-0.05, 0) is 31.0 Å². The van der Waals surface area contributed by atoms with Crippen molar-refractivity contribution in [3.05, 3.63) is 59.0 Å². The van der Waals surface area contributed by atoms with E-state index in [9.17, 15) is 9.59 Å². The number of para-hydroxylation sites is 1. The number of carbonyl (C=O) groups excluding carboxylic acids is 2. The van der Waals surface area contributed by atoms with Crippen LogP contribution >= 0.6 is 0 Å². The summed E-state index contributed by atoms with van der Waals surface area (Å²) in [6.07, 6.45) is 3.03. The van der Waals surface area contributed by atoms with Crippen molar-refractivity contribution in [2.24, 2.45) is 0 Å². The number of amides is 1. The highest BCUT2D eigenvalue weighted by Gasteiger charge is 2.24. The predicted molar refractivity (Wildman–Crippen MR) is 101 cm³/mol. The lowest BCUT2D eigenvalue weighted by atomic mass is 10.0. The van der Waals surface area contributed by atoms with Crippen LogP contribution in [0.4, 0.5) is 5.69 Å². The quantitative estimate of drug-likeness (QED) is 0.684. The summed E-state index contributed by atoms with van der Waals surface area (Å²) in [5.41, 5.74) is 3.60. The normalized spacial score (nSPS) is 10.7. The second kappa shape index (κ2) is 7.39. The molecular formula is C20H21N3O3. The molecule has 0 aliphatic carbocycles. The molecule has 2 heterocycles. The number of hydrogen-bond donors (Lipinski definition) is 2. The van der Waals surface area contributed by atoms with Crippen LogP contribution in [0, 0.1) is 6.92 Å². The van der Waals surface area contributed by atoms with Crippen molar-refractivity contribution in [1.82, 2.24) is 9.97 Å². The molecule has 3 rings (SSSR count). The largest absolute Gasteiger partial charge is 0.465 e. The molecule has 0 spiro atoms. The SMILES string of the molecule is CCCc1c(C(=O)Nc2cnc3ccccc3c2)[nH]c(C)c1C(=O)OC. The van der Waals surface area contributed by atoms with E-state index in [1.807, 2.05) is 37.3 Å². The topological polar surface area (TPSA) is 84.1 Å². The number of carbonyl (C=O) groups is 2. The number of benzene rings is 1. The van der Waals surface area contributed by atoms with E-state index in [1.54, 1.807) is 13.1 Å². The van der Waals surface area contributed by atoms with Crippen LogP contribution in [-0.4, -0.2) is 29.0 Å². The summed E-state index contributed by atoms with van der Waals surface area (Å²) in [6.45, 7) is 3.76. The van der Waals surface area contributed by atoms with Crippen LogP contribution in [0.15, 0.2) is 36.5 Å². The maximum absolute atomic E-state index is 12.8. The Morgan fingerprint density at radius 1 is 1.27 bits per heavy atom. The highest BCUT2D eigenvalue weighted by Crippen LogP contribution is 2.23. The number of nitrogens with zero attached hydrogens (tertiary/aromatic N) is 1. The van der Waals surface area contributed by atoms with Crippen LogP contribution in [0.5, 0.6) is 0 Å². The molecule has 6 heteroatoms. The van der Waals surface area contributed by atoms with Gasteiger partial charge in [-0.2, -0.15) is 0 Å². The number of hydrogen-bond acceptors (Lipinski definition) is 4. The summed E-state index contributed by atoms with van der Waals surface area (Å²) < 4.78 is 4.86. The molecule has 0 aliphatic rings.